The normalized spacial score (nSPS) is 14.4. The van der Waals surface area contributed by atoms with Gasteiger partial charge in [0.25, 0.3) is 0 Å². The minimum Gasteiger partial charge on any atom is -0.338 e. The number of hydrogen-bond donors (Lipinski definition) is 0. The molecule has 1 aromatic carbocycles. The Labute approximate surface area is 113 Å². The van der Waals surface area contributed by atoms with Crippen molar-refractivity contribution in [3.05, 3.63) is 46.6 Å². The molecular formula is C12H13ClN2O2S. The molecule has 0 bridgehead atoms. The molecule has 18 heavy (non-hydrogen) atoms. The Hall–Kier alpha value is -1.20. The third kappa shape index (κ3) is 3.17. The van der Waals surface area contributed by atoms with Crippen LogP contribution in [0.25, 0.3) is 0 Å². The van der Waals surface area contributed by atoms with Crippen molar-refractivity contribution in [2.75, 3.05) is 0 Å². The second-order valence-electron chi connectivity index (χ2n) is 3.98. The highest BCUT2D eigenvalue weighted by atomic mass is 35.5. The third-order valence-corrected chi connectivity index (χ3v) is 4.33. The number of aromatic nitrogens is 2. The largest absolute Gasteiger partial charge is 0.338 e. The van der Waals surface area contributed by atoms with E-state index in [1.165, 1.54) is 0 Å². The molecule has 2 rings (SSSR count). The Bertz CT molecular complexity index is 571. The van der Waals surface area contributed by atoms with Gasteiger partial charge in [-0.2, -0.15) is 4.98 Å². The van der Waals surface area contributed by atoms with Crippen molar-refractivity contribution in [2.24, 2.45) is 0 Å². The molecule has 0 N–H and O–H groups in total. The number of halogens is 1. The molecule has 4 nitrogen and oxygen atoms in total. The van der Waals surface area contributed by atoms with Gasteiger partial charge in [-0.25, -0.2) is 0 Å². The zero-order valence-corrected chi connectivity index (χ0v) is 11.7. The summed E-state index contributed by atoms with van der Waals surface area (Å²) in [5.41, 5.74) is 0.934. The zero-order chi connectivity index (χ0) is 13.1. The van der Waals surface area contributed by atoms with Gasteiger partial charge in [0.1, 0.15) is 5.25 Å². The van der Waals surface area contributed by atoms with Crippen molar-refractivity contribution in [2.45, 2.75) is 24.9 Å². The Morgan fingerprint density at radius 3 is 2.89 bits per heavy atom. The standard InChI is InChI=1S/C12H13ClN2O2S/c1-8(12-14-9(2)15-17-12)18(16)7-10-4-3-5-11(13)6-10/h3-6,8H,7H2,1-2H3. The maximum Gasteiger partial charge on any atom is 0.242 e. The van der Waals surface area contributed by atoms with Gasteiger partial charge in [0.05, 0.1) is 0 Å². The molecule has 0 amide bonds. The quantitative estimate of drug-likeness (QED) is 0.866. The van der Waals surface area contributed by atoms with Gasteiger partial charge in [0.2, 0.25) is 5.89 Å². The van der Waals surface area contributed by atoms with Crippen molar-refractivity contribution in [3.63, 3.8) is 0 Å². The summed E-state index contributed by atoms with van der Waals surface area (Å²) in [4.78, 5) is 4.09. The van der Waals surface area contributed by atoms with E-state index in [4.69, 9.17) is 16.1 Å². The van der Waals surface area contributed by atoms with Gasteiger partial charge < -0.3 is 4.52 Å². The summed E-state index contributed by atoms with van der Waals surface area (Å²) in [6, 6.07) is 7.34. The Kier molecular flexibility index (Phi) is 4.14. The smallest absolute Gasteiger partial charge is 0.242 e. The first kappa shape index (κ1) is 13.2. The highest BCUT2D eigenvalue weighted by Gasteiger charge is 2.19. The van der Waals surface area contributed by atoms with Crippen LogP contribution in [0.2, 0.25) is 5.02 Å². The molecule has 2 unspecified atom stereocenters. The summed E-state index contributed by atoms with van der Waals surface area (Å²) in [6.45, 7) is 3.55. The predicted molar refractivity (Wildman–Crippen MR) is 70.7 cm³/mol. The van der Waals surface area contributed by atoms with E-state index < -0.39 is 10.8 Å². The second-order valence-corrected chi connectivity index (χ2v) is 6.17. The first-order chi connectivity index (χ1) is 8.56. The van der Waals surface area contributed by atoms with Gasteiger partial charge in [-0.05, 0) is 31.5 Å². The lowest BCUT2D eigenvalue weighted by Crippen LogP contribution is -2.05. The molecule has 0 radical (unpaired) electrons. The SMILES string of the molecule is Cc1noc(C(C)S(=O)Cc2cccc(Cl)c2)n1. The van der Waals surface area contributed by atoms with Gasteiger partial charge in [-0.15, -0.1) is 0 Å². The topological polar surface area (TPSA) is 56.0 Å². The second kappa shape index (κ2) is 5.63. The van der Waals surface area contributed by atoms with Crippen LogP contribution >= 0.6 is 11.6 Å². The van der Waals surface area contributed by atoms with E-state index in [2.05, 4.69) is 10.1 Å². The van der Waals surface area contributed by atoms with Crippen molar-refractivity contribution in [1.29, 1.82) is 0 Å². The van der Waals surface area contributed by atoms with Gasteiger partial charge in [0.15, 0.2) is 5.82 Å². The van der Waals surface area contributed by atoms with Crippen molar-refractivity contribution >= 4 is 22.4 Å². The van der Waals surface area contributed by atoms with E-state index >= 15 is 0 Å². The average molecular weight is 285 g/mol. The Morgan fingerprint density at radius 2 is 2.28 bits per heavy atom. The summed E-state index contributed by atoms with van der Waals surface area (Å²) in [5.74, 6) is 1.38. The molecule has 2 atom stereocenters. The van der Waals surface area contributed by atoms with Crippen LogP contribution in [0, 0.1) is 6.92 Å². The fourth-order valence-corrected chi connectivity index (χ4v) is 2.80. The average Bonchev–Trinajstić information content (AvgIpc) is 2.75. The monoisotopic (exact) mass is 284 g/mol. The van der Waals surface area contributed by atoms with E-state index in [0.29, 0.717) is 22.5 Å². The molecular weight excluding hydrogens is 272 g/mol. The molecule has 0 aliphatic carbocycles. The maximum atomic E-state index is 12.2. The van der Waals surface area contributed by atoms with Crippen LogP contribution in [0.5, 0.6) is 0 Å². The number of rotatable bonds is 4. The predicted octanol–water partition coefficient (Wildman–Crippen LogP) is 3.04. The van der Waals surface area contributed by atoms with Crippen LogP contribution in [-0.4, -0.2) is 14.3 Å². The highest BCUT2D eigenvalue weighted by molar-refractivity contribution is 7.84. The van der Waals surface area contributed by atoms with E-state index in [-0.39, 0.29) is 5.25 Å². The van der Waals surface area contributed by atoms with Gasteiger partial charge >= 0.3 is 0 Å². The first-order valence-corrected chi connectivity index (χ1v) is 7.24. The van der Waals surface area contributed by atoms with Crippen LogP contribution in [0.1, 0.15) is 29.5 Å². The van der Waals surface area contributed by atoms with Gasteiger partial charge in [-0.3, -0.25) is 4.21 Å². The molecule has 0 spiro atoms. The number of nitrogens with zero attached hydrogens (tertiary/aromatic N) is 2. The van der Waals surface area contributed by atoms with Gasteiger partial charge in [0, 0.05) is 21.6 Å². The fourth-order valence-electron chi connectivity index (χ4n) is 1.51. The molecule has 0 aliphatic heterocycles. The van der Waals surface area contributed by atoms with E-state index in [0.717, 1.165) is 5.56 Å². The molecule has 1 aromatic heterocycles. The van der Waals surface area contributed by atoms with E-state index in [1.54, 1.807) is 13.0 Å². The Morgan fingerprint density at radius 1 is 1.50 bits per heavy atom. The molecule has 0 aliphatic rings. The first-order valence-electron chi connectivity index (χ1n) is 5.48. The molecule has 0 saturated carbocycles. The maximum absolute atomic E-state index is 12.2. The minimum atomic E-state index is -1.12. The van der Waals surface area contributed by atoms with Crippen molar-refractivity contribution < 1.29 is 8.73 Å². The molecule has 1 heterocycles. The van der Waals surface area contributed by atoms with Crippen LogP contribution < -0.4 is 0 Å². The number of benzene rings is 1. The van der Waals surface area contributed by atoms with E-state index in [1.807, 2.05) is 25.1 Å². The van der Waals surface area contributed by atoms with Crippen LogP contribution in [0.4, 0.5) is 0 Å². The Balaban J connectivity index is 2.08. The number of hydrogen-bond acceptors (Lipinski definition) is 4. The molecule has 2 aromatic rings. The molecule has 0 saturated heterocycles. The summed E-state index contributed by atoms with van der Waals surface area (Å²) in [7, 11) is -1.12. The lowest BCUT2D eigenvalue weighted by molar-refractivity contribution is 0.375. The summed E-state index contributed by atoms with van der Waals surface area (Å²) < 4.78 is 17.2. The van der Waals surface area contributed by atoms with Crippen molar-refractivity contribution in [1.82, 2.24) is 10.1 Å². The fraction of sp³-hybridized carbons (Fsp3) is 0.333. The summed E-state index contributed by atoms with van der Waals surface area (Å²) in [5, 5.41) is 4.06. The van der Waals surface area contributed by atoms with Crippen LogP contribution in [0.3, 0.4) is 0 Å². The molecule has 6 heteroatoms. The van der Waals surface area contributed by atoms with Gasteiger partial charge in [-0.1, -0.05) is 28.9 Å². The zero-order valence-electron chi connectivity index (χ0n) is 10.1. The highest BCUT2D eigenvalue weighted by Crippen LogP contribution is 2.21. The van der Waals surface area contributed by atoms with Crippen LogP contribution in [-0.2, 0) is 16.6 Å². The lowest BCUT2D eigenvalue weighted by atomic mass is 10.2. The van der Waals surface area contributed by atoms with E-state index in [9.17, 15) is 4.21 Å². The summed E-state index contributed by atoms with van der Waals surface area (Å²) in [6.07, 6.45) is 0. The van der Waals surface area contributed by atoms with Crippen LogP contribution in [0.15, 0.2) is 28.8 Å². The minimum absolute atomic E-state index is 0.287. The molecule has 0 fully saturated rings. The summed E-state index contributed by atoms with van der Waals surface area (Å²) >= 11 is 5.89. The van der Waals surface area contributed by atoms with Crippen molar-refractivity contribution in [3.8, 4) is 0 Å². The lowest BCUT2D eigenvalue weighted by Gasteiger charge is -2.07. The molecule has 96 valence electrons. The third-order valence-electron chi connectivity index (χ3n) is 2.48. The number of aryl methyl sites for hydroxylation is 1.